The van der Waals surface area contributed by atoms with Crippen molar-refractivity contribution < 1.29 is 23.1 Å². The molecule has 7 heteroatoms. The van der Waals surface area contributed by atoms with E-state index in [0.717, 1.165) is 37.8 Å². The first-order chi connectivity index (χ1) is 10.9. The Labute approximate surface area is 133 Å². The molecule has 1 atom stereocenters. The fourth-order valence-corrected chi connectivity index (χ4v) is 2.83. The maximum absolute atomic E-state index is 12.6. The van der Waals surface area contributed by atoms with E-state index in [0.29, 0.717) is 0 Å². The number of nitrogens with one attached hydrogen (secondary N) is 2. The zero-order valence-electron chi connectivity index (χ0n) is 12.7. The minimum atomic E-state index is -4.45. The smallest absolute Gasteiger partial charge is 0.391 e. The minimum absolute atomic E-state index is 0.0597. The summed E-state index contributed by atoms with van der Waals surface area (Å²) in [7, 11) is 0. The summed E-state index contributed by atoms with van der Waals surface area (Å²) in [6.45, 7) is 0.0927. The van der Waals surface area contributed by atoms with Gasteiger partial charge in [-0.05, 0) is 37.0 Å². The van der Waals surface area contributed by atoms with E-state index >= 15 is 0 Å². The van der Waals surface area contributed by atoms with Crippen molar-refractivity contribution in [3.05, 3.63) is 29.8 Å². The monoisotopic (exact) mass is 330 g/mol. The van der Waals surface area contributed by atoms with Crippen LogP contribution in [0.3, 0.4) is 0 Å². The zero-order chi connectivity index (χ0) is 16.9. The van der Waals surface area contributed by atoms with Crippen LogP contribution in [0.4, 0.5) is 23.7 Å². The maximum atomic E-state index is 12.6. The lowest BCUT2D eigenvalue weighted by Gasteiger charge is -2.26. The molecule has 0 heterocycles. The molecule has 1 aromatic carbocycles. The predicted molar refractivity (Wildman–Crippen MR) is 81.0 cm³/mol. The molecule has 0 bridgehead atoms. The summed E-state index contributed by atoms with van der Waals surface area (Å²) >= 11 is 0. The molecule has 4 nitrogen and oxygen atoms in total. The molecule has 1 aromatic rings. The van der Waals surface area contributed by atoms with Crippen LogP contribution in [0, 0.1) is 5.92 Å². The lowest BCUT2D eigenvalue weighted by atomic mass is 9.85. The Morgan fingerprint density at radius 1 is 1.26 bits per heavy atom. The highest BCUT2D eigenvalue weighted by Crippen LogP contribution is 2.30. The number of rotatable bonds is 4. The summed E-state index contributed by atoms with van der Waals surface area (Å²) < 4.78 is 37.8. The van der Waals surface area contributed by atoms with Crippen LogP contribution in [0.1, 0.15) is 37.7 Å². The van der Waals surface area contributed by atoms with Crippen molar-refractivity contribution >= 4 is 11.7 Å². The third-order valence-corrected chi connectivity index (χ3v) is 4.11. The number of anilines is 1. The highest BCUT2D eigenvalue weighted by Gasteiger charge is 2.30. The standard InChI is InChI=1S/C16H21F3N2O2/c17-16(18,19)12-7-4-8-13(9-12)21-15(23)20-10-14(22)11-5-2-1-3-6-11/h4,7-9,11,14,22H,1-3,5-6,10H2,(H2,20,21,23). The molecule has 1 aliphatic carbocycles. The zero-order valence-corrected chi connectivity index (χ0v) is 12.7. The molecule has 128 valence electrons. The average molecular weight is 330 g/mol. The first-order valence-electron chi connectivity index (χ1n) is 7.76. The van der Waals surface area contributed by atoms with Crippen LogP contribution in [0.25, 0.3) is 0 Å². The average Bonchev–Trinajstić information content (AvgIpc) is 2.53. The third-order valence-electron chi connectivity index (χ3n) is 4.11. The van der Waals surface area contributed by atoms with E-state index in [1.165, 1.54) is 18.6 Å². The number of carbonyl (C=O) groups excluding carboxylic acids is 1. The number of benzene rings is 1. The molecule has 0 spiro atoms. The van der Waals surface area contributed by atoms with E-state index in [4.69, 9.17) is 0 Å². The van der Waals surface area contributed by atoms with Gasteiger partial charge >= 0.3 is 12.2 Å². The number of halogens is 3. The Morgan fingerprint density at radius 2 is 1.96 bits per heavy atom. The Kier molecular flexibility index (Phi) is 5.87. The second kappa shape index (κ2) is 7.68. The second-order valence-electron chi connectivity index (χ2n) is 5.88. The van der Waals surface area contributed by atoms with Gasteiger partial charge in [0.1, 0.15) is 0 Å². The molecule has 0 saturated heterocycles. The predicted octanol–water partition coefficient (Wildman–Crippen LogP) is 3.77. The number of aliphatic hydroxyl groups excluding tert-OH is 1. The van der Waals surface area contributed by atoms with Crippen molar-refractivity contribution in [2.75, 3.05) is 11.9 Å². The van der Waals surface area contributed by atoms with Crippen LogP contribution in [-0.4, -0.2) is 23.8 Å². The maximum Gasteiger partial charge on any atom is 0.416 e. The summed E-state index contributed by atoms with van der Waals surface area (Å²) in [5.41, 5.74) is -0.762. The SMILES string of the molecule is O=C(NCC(O)C1CCCCC1)Nc1cccc(C(F)(F)F)c1. The highest BCUT2D eigenvalue weighted by atomic mass is 19.4. The Balaban J connectivity index is 1.82. The first-order valence-corrected chi connectivity index (χ1v) is 7.76. The van der Waals surface area contributed by atoms with Crippen molar-refractivity contribution in [3.8, 4) is 0 Å². The topological polar surface area (TPSA) is 61.4 Å². The lowest BCUT2D eigenvalue weighted by Crippen LogP contribution is -2.39. The number of amides is 2. The van der Waals surface area contributed by atoms with Crippen LogP contribution in [0.15, 0.2) is 24.3 Å². The van der Waals surface area contributed by atoms with E-state index < -0.39 is 23.9 Å². The van der Waals surface area contributed by atoms with Gasteiger partial charge in [-0.25, -0.2) is 4.79 Å². The van der Waals surface area contributed by atoms with Crippen LogP contribution in [0.2, 0.25) is 0 Å². The number of hydrogen-bond acceptors (Lipinski definition) is 2. The van der Waals surface area contributed by atoms with E-state index in [9.17, 15) is 23.1 Å². The van der Waals surface area contributed by atoms with E-state index in [1.54, 1.807) is 0 Å². The van der Waals surface area contributed by atoms with Gasteiger partial charge in [0.05, 0.1) is 11.7 Å². The molecule has 2 rings (SSSR count). The Bertz CT molecular complexity index is 528. The van der Waals surface area contributed by atoms with Gasteiger partial charge in [-0.15, -0.1) is 0 Å². The summed E-state index contributed by atoms with van der Waals surface area (Å²) in [6.07, 6.45) is 0.146. The van der Waals surface area contributed by atoms with E-state index in [2.05, 4.69) is 10.6 Å². The normalized spacial score (nSPS) is 17.6. The van der Waals surface area contributed by atoms with E-state index in [1.807, 2.05) is 0 Å². The number of hydrogen-bond donors (Lipinski definition) is 3. The molecule has 0 aliphatic heterocycles. The van der Waals surface area contributed by atoms with Crippen LogP contribution < -0.4 is 10.6 Å². The molecule has 3 N–H and O–H groups in total. The molecule has 23 heavy (non-hydrogen) atoms. The molecular formula is C16H21F3N2O2. The van der Waals surface area contributed by atoms with Crippen molar-refractivity contribution in [1.82, 2.24) is 5.32 Å². The van der Waals surface area contributed by atoms with Gasteiger partial charge in [-0.3, -0.25) is 0 Å². The van der Waals surface area contributed by atoms with Gasteiger partial charge < -0.3 is 15.7 Å². The van der Waals surface area contributed by atoms with Gasteiger partial charge in [0.15, 0.2) is 0 Å². The van der Waals surface area contributed by atoms with Gasteiger partial charge in [-0.1, -0.05) is 25.3 Å². The summed E-state index contributed by atoms with van der Waals surface area (Å²) in [5, 5.41) is 14.9. The molecule has 1 unspecified atom stereocenters. The third kappa shape index (κ3) is 5.42. The molecular weight excluding hydrogens is 309 g/mol. The van der Waals surface area contributed by atoms with Crippen molar-refractivity contribution in [1.29, 1.82) is 0 Å². The molecule has 0 aromatic heterocycles. The number of alkyl halides is 3. The minimum Gasteiger partial charge on any atom is -0.391 e. The lowest BCUT2D eigenvalue weighted by molar-refractivity contribution is -0.137. The molecule has 2 amide bonds. The van der Waals surface area contributed by atoms with Crippen LogP contribution >= 0.6 is 0 Å². The van der Waals surface area contributed by atoms with Crippen molar-refractivity contribution in [3.63, 3.8) is 0 Å². The van der Waals surface area contributed by atoms with Crippen LogP contribution in [-0.2, 0) is 6.18 Å². The van der Waals surface area contributed by atoms with Gasteiger partial charge in [0.25, 0.3) is 0 Å². The van der Waals surface area contributed by atoms with Crippen molar-refractivity contribution in [2.45, 2.75) is 44.4 Å². The fourth-order valence-electron chi connectivity index (χ4n) is 2.83. The summed E-state index contributed by atoms with van der Waals surface area (Å²) in [5.74, 6) is 0.178. The highest BCUT2D eigenvalue weighted by molar-refractivity contribution is 5.89. The fraction of sp³-hybridized carbons (Fsp3) is 0.562. The number of aliphatic hydroxyl groups is 1. The Morgan fingerprint density at radius 3 is 2.61 bits per heavy atom. The molecule has 1 aliphatic rings. The second-order valence-corrected chi connectivity index (χ2v) is 5.88. The largest absolute Gasteiger partial charge is 0.416 e. The molecule has 0 radical (unpaired) electrons. The van der Waals surface area contributed by atoms with Crippen molar-refractivity contribution in [2.24, 2.45) is 5.92 Å². The quantitative estimate of drug-likeness (QED) is 0.787. The van der Waals surface area contributed by atoms with Gasteiger partial charge in [0, 0.05) is 12.2 Å². The molecule has 1 fully saturated rings. The molecule has 1 saturated carbocycles. The Hall–Kier alpha value is -1.76. The van der Waals surface area contributed by atoms with Gasteiger partial charge in [0.2, 0.25) is 0 Å². The van der Waals surface area contributed by atoms with Gasteiger partial charge in [-0.2, -0.15) is 13.2 Å². The number of carbonyl (C=O) groups is 1. The first kappa shape index (κ1) is 17.6. The van der Waals surface area contributed by atoms with Crippen LogP contribution in [0.5, 0.6) is 0 Å². The van der Waals surface area contributed by atoms with E-state index in [-0.39, 0.29) is 18.2 Å². The number of urea groups is 1. The summed E-state index contributed by atoms with van der Waals surface area (Å²) in [4.78, 5) is 11.7. The summed E-state index contributed by atoms with van der Waals surface area (Å²) in [6, 6.07) is 3.80.